The van der Waals surface area contributed by atoms with E-state index in [9.17, 15) is 14.9 Å². The first-order chi connectivity index (χ1) is 12.6. The molecule has 5 nitrogen and oxygen atoms in total. The van der Waals surface area contributed by atoms with E-state index in [-0.39, 0.29) is 17.7 Å². The second kappa shape index (κ2) is 9.00. The average Bonchev–Trinajstić information content (AvgIpc) is 2.66. The molecule has 0 aliphatic rings. The highest BCUT2D eigenvalue weighted by Gasteiger charge is 2.16. The Morgan fingerprint density at radius 3 is 2.27 bits per heavy atom. The summed E-state index contributed by atoms with van der Waals surface area (Å²) in [5, 5.41) is 18.4. The van der Waals surface area contributed by atoms with Crippen LogP contribution in [0.5, 0.6) is 0 Å². The van der Waals surface area contributed by atoms with E-state index in [0.29, 0.717) is 11.1 Å². The summed E-state index contributed by atoms with van der Waals surface area (Å²) in [4.78, 5) is 23.0. The zero-order valence-corrected chi connectivity index (χ0v) is 14.2. The minimum absolute atomic E-state index is 0.0866. The number of ether oxygens (including phenoxy) is 1. The molecule has 0 aliphatic heterocycles. The van der Waals surface area contributed by atoms with E-state index < -0.39 is 11.9 Å². The van der Waals surface area contributed by atoms with E-state index >= 15 is 0 Å². The fourth-order valence-corrected chi connectivity index (χ4v) is 2.28. The molecule has 0 fully saturated rings. The van der Waals surface area contributed by atoms with Crippen LogP contribution in [-0.4, -0.2) is 23.7 Å². The molecular formula is C21H17NO4. The first-order valence-corrected chi connectivity index (χ1v) is 7.95. The van der Waals surface area contributed by atoms with E-state index in [1.54, 1.807) is 43.3 Å². The van der Waals surface area contributed by atoms with Crippen molar-refractivity contribution in [3.05, 3.63) is 82.9 Å². The third-order valence-corrected chi connectivity index (χ3v) is 3.55. The Hall–Kier alpha value is -3.65. The van der Waals surface area contributed by atoms with Crippen molar-refractivity contribution in [3.8, 4) is 6.07 Å². The summed E-state index contributed by atoms with van der Waals surface area (Å²) >= 11 is 0. The number of rotatable bonds is 6. The van der Waals surface area contributed by atoms with Crippen LogP contribution in [0.25, 0.3) is 11.6 Å². The van der Waals surface area contributed by atoms with Crippen molar-refractivity contribution in [2.24, 2.45) is 0 Å². The van der Waals surface area contributed by atoms with Crippen LogP contribution in [0.2, 0.25) is 0 Å². The lowest BCUT2D eigenvalue weighted by molar-refractivity contribution is -0.137. The van der Waals surface area contributed by atoms with E-state index in [1.165, 1.54) is 12.1 Å². The van der Waals surface area contributed by atoms with Crippen LogP contribution in [0, 0.1) is 11.3 Å². The first kappa shape index (κ1) is 18.7. The van der Waals surface area contributed by atoms with Gasteiger partial charge < -0.3 is 9.84 Å². The number of carbonyl (C=O) groups is 2. The van der Waals surface area contributed by atoms with Gasteiger partial charge in [-0.05, 0) is 30.2 Å². The number of carboxylic acid groups (broad SMARTS) is 1. The lowest BCUT2D eigenvalue weighted by Gasteiger charge is -2.07. The summed E-state index contributed by atoms with van der Waals surface area (Å²) in [6, 6.07) is 17.3. The van der Waals surface area contributed by atoms with Gasteiger partial charge in [-0.1, -0.05) is 54.6 Å². The minimum Gasteiger partial charge on any atom is -0.478 e. The predicted molar refractivity (Wildman–Crippen MR) is 98.0 cm³/mol. The molecule has 0 radical (unpaired) electrons. The number of benzene rings is 2. The maximum Gasteiger partial charge on any atom is 0.349 e. The van der Waals surface area contributed by atoms with Gasteiger partial charge in [0.15, 0.2) is 0 Å². The number of carboxylic acids is 1. The molecule has 26 heavy (non-hydrogen) atoms. The Labute approximate surface area is 151 Å². The van der Waals surface area contributed by atoms with Crippen LogP contribution in [0.3, 0.4) is 0 Å². The van der Waals surface area contributed by atoms with Gasteiger partial charge in [-0.25, -0.2) is 9.59 Å². The van der Waals surface area contributed by atoms with Crippen LogP contribution >= 0.6 is 0 Å². The zero-order valence-electron chi connectivity index (χ0n) is 14.2. The Morgan fingerprint density at radius 1 is 1.08 bits per heavy atom. The number of carbonyl (C=O) groups excluding carboxylic acids is 1. The molecule has 2 aromatic carbocycles. The minimum atomic E-state index is -1.00. The van der Waals surface area contributed by atoms with Gasteiger partial charge in [-0.2, -0.15) is 5.26 Å². The smallest absolute Gasteiger partial charge is 0.349 e. The summed E-state index contributed by atoms with van der Waals surface area (Å²) in [5.41, 5.74) is 1.98. The highest BCUT2D eigenvalue weighted by molar-refractivity contribution is 6.04. The quantitative estimate of drug-likeness (QED) is 0.370. The number of allylic oxidation sites excluding steroid dienone is 2. The van der Waals surface area contributed by atoms with Crippen molar-refractivity contribution < 1.29 is 19.4 Å². The first-order valence-electron chi connectivity index (χ1n) is 7.95. The van der Waals surface area contributed by atoms with Gasteiger partial charge in [0.25, 0.3) is 0 Å². The third kappa shape index (κ3) is 4.68. The molecule has 0 spiro atoms. The molecular weight excluding hydrogens is 330 g/mol. The lowest BCUT2D eigenvalue weighted by atomic mass is 9.99. The SMILES string of the molecule is CCOC(=O)/C(C#N)=C(/C=Cc1ccc(C(=O)O)cc1)c1ccccc1. The zero-order chi connectivity index (χ0) is 18.9. The summed E-state index contributed by atoms with van der Waals surface area (Å²) in [6.07, 6.45) is 3.37. The predicted octanol–water partition coefficient (Wildman–Crippen LogP) is 3.94. The Balaban J connectivity index is 2.46. The number of esters is 1. The van der Waals surface area contributed by atoms with Crippen LogP contribution in [0.4, 0.5) is 0 Å². The highest BCUT2D eigenvalue weighted by Crippen LogP contribution is 2.22. The second-order valence-corrected chi connectivity index (χ2v) is 5.25. The van der Waals surface area contributed by atoms with E-state index in [1.807, 2.05) is 24.3 Å². The van der Waals surface area contributed by atoms with Crippen molar-refractivity contribution >= 4 is 23.6 Å². The maximum atomic E-state index is 12.1. The molecule has 0 aromatic heterocycles. The van der Waals surface area contributed by atoms with Crippen LogP contribution in [0.1, 0.15) is 28.4 Å². The largest absolute Gasteiger partial charge is 0.478 e. The fraction of sp³-hybridized carbons (Fsp3) is 0.0952. The topological polar surface area (TPSA) is 87.4 Å². The van der Waals surface area contributed by atoms with Crippen molar-refractivity contribution in [1.29, 1.82) is 5.26 Å². The summed E-state index contributed by atoms with van der Waals surface area (Å²) in [6.45, 7) is 1.85. The number of aromatic carboxylic acids is 1. The normalized spacial score (nSPS) is 11.5. The standard InChI is InChI=1S/C21H17NO4/c1-2-26-21(25)19(14-22)18(16-6-4-3-5-7-16)13-10-15-8-11-17(12-9-15)20(23)24/h3-13H,2H2,1H3,(H,23,24)/b13-10?,19-18-. The van der Waals surface area contributed by atoms with Gasteiger partial charge in [0.1, 0.15) is 11.6 Å². The molecule has 2 aromatic rings. The fourth-order valence-electron chi connectivity index (χ4n) is 2.28. The number of hydrogen-bond donors (Lipinski definition) is 1. The number of hydrogen-bond acceptors (Lipinski definition) is 4. The van der Waals surface area contributed by atoms with Gasteiger partial charge in [0.05, 0.1) is 12.2 Å². The third-order valence-electron chi connectivity index (χ3n) is 3.55. The Bertz CT molecular complexity index is 888. The molecule has 0 amide bonds. The molecule has 0 aliphatic carbocycles. The molecule has 5 heteroatoms. The summed E-state index contributed by atoms with van der Waals surface area (Å²) < 4.78 is 4.97. The molecule has 1 N–H and O–H groups in total. The second-order valence-electron chi connectivity index (χ2n) is 5.25. The van der Waals surface area contributed by atoms with Crippen molar-refractivity contribution in [1.82, 2.24) is 0 Å². The lowest BCUT2D eigenvalue weighted by Crippen LogP contribution is -2.08. The van der Waals surface area contributed by atoms with E-state index in [2.05, 4.69) is 0 Å². The van der Waals surface area contributed by atoms with Crippen LogP contribution < -0.4 is 0 Å². The Kier molecular flexibility index (Phi) is 6.47. The molecule has 0 saturated carbocycles. The van der Waals surface area contributed by atoms with E-state index in [0.717, 1.165) is 5.56 Å². The molecule has 0 unspecified atom stereocenters. The van der Waals surface area contributed by atoms with Crippen molar-refractivity contribution in [2.45, 2.75) is 6.92 Å². The average molecular weight is 347 g/mol. The molecule has 0 heterocycles. The molecule has 0 atom stereocenters. The Morgan fingerprint density at radius 2 is 1.73 bits per heavy atom. The van der Waals surface area contributed by atoms with Gasteiger partial charge >= 0.3 is 11.9 Å². The summed E-state index contributed by atoms with van der Waals surface area (Å²) in [5.74, 6) is -1.68. The van der Waals surface area contributed by atoms with Gasteiger partial charge in [-0.15, -0.1) is 0 Å². The monoisotopic (exact) mass is 347 g/mol. The number of nitriles is 1. The molecule has 0 bridgehead atoms. The van der Waals surface area contributed by atoms with E-state index in [4.69, 9.17) is 9.84 Å². The van der Waals surface area contributed by atoms with Gasteiger partial charge in [-0.3, -0.25) is 0 Å². The summed E-state index contributed by atoms with van der Waals surface area (Å²) in [7, 11) is 0. The van der Waals surface area contributed by atoms with Crippen molar-refractivity contribution in [2.75, 3.05) is 6.61 Å². The maximum absolute atomic E-state index is 12.1. The van der Waals surface area contributed by atoms with Gasteiger partial charge in [0.2, 0.25) is 0 Å². The van der Waals surface area contributed by atoms with Crippen LogP contribution in [0.15, 0.2) is 66.2 Å². The molecule has 2 rings (SSSR count). The molecule has 130 valence electrons. The number of nitrogens with zero attached hydrogens (tertiary/aromatic N) is 1. The van der Waals surface area contributed by atoms with Crippen molar-refractivity contribution in [3.63, 3.8) is 0 Å². The van der Waals surface area contributed by atoms with Gasteiger partial charge in [0, 0.05) is 5.57 Å². The highest BCUT2D eigenvalue weighted by atomic mass is 16.5. The van der Waals surface area contributed by atoms with Crippen LogP contribution in [-0.2, 0) is 9.53 Å². The molecule has 0 saturated heterocycles.